The van der Waals surface area contributed by atoms with E-state index in [9.17, 15) is 35.9 Å². The van der Waals surface area contributed by atoms with E-state index in [1.54, 1.807) is 29.2 Å². The highest BCUT2D eigenvalue weighted by Crippen LogP contribution is 2.42. The number of likely N-dealkylation sites (tertiary alicyclic amines) is 1. The molecule has 0 bridgehead atoms. The number of ether oxygens (including phenoxy) is 2. The number of aromatic nitrogens is 3. The molecule has 10 nitrogen and oxygen atoms in total. The lowest BCUT2D eigenvalue weighted by Crippen LogP contribution is -2.57. The number of rotatable bonds is 5. The van der Waals surface area contributed by atoms with Gasteiger partial charge in [0.2, 0.25) is 5.95 Å². The van der Waals surface area contributed by atoms with Crippen LogP contribution in [0.5, 0.6) is 12.0 Å². The molecule has 17 heteroatoms. The maximum atomic E-state index is 14.1. The molecule has 5 rings (SSSR count). The molecule has 0 saturated carbocycles. The van der Waals surface area contributed by atoms with Gasteiger partial charge < -0.3 is 19.3 Å². The molecule has 0 unspecified atom stereocenters. The Balaban J connectivity index is 1.48. The molecule has 0 radical (unpaired) electrons. The van der Waals surface area contributed by atoms with Crippen molar-refractivity contribution in [3.05, 3.63) is 64.2 Å². The first kappa shape index (κ1) is 31.1. The number of anilines is 2. The molecular formula is C27H23ClF6N6O4. The molecule has 44 heavy (non-hydrogen) atoms. The van der Waals surface area contributed by atoms with Crippen molar-refractivity contribution in [3.8, 4) is 12.0 Å². The maximum absolute atomic E-state index is 14.1. The molecule has 3 aromatic rings. The molecule has 234 valence electrons. The van der Waals surface area contributed by atoms with Crippen molar-refractivity contribution in [1.29, 1.82) is 0 Å². The Morgan fingerprint density at radius 3 is 1.95 bits per heavy atom. The van der Waals surface area contributed by atoms with Gasteiger partial charge in [-0.25, -0.2) is 0 Å². The van der Waals surface area contributed by atoms with Gasteiger partial charge in [0, 0.05) is 29.4 Å². The van der Waals surface area contributed by atoms with Gasteiger partial charge in [-0.3, -0.25) is 14.5 Å². The molecular weight excluding hydrogens is 622 g/mol. The minimum Gasteiger partial charge on any atom is -0.467 e. The molecule has 2 saturated heterocycles. The van der Waals surface area contributed by atoms with Crippen LogP contribution in [0.3, 0.4) is 0 Å². The SMILES string of the molecule is COc1nc(OC)nc(N2CN(c3cccc(Cl)c3)C3(CCN(C(=O)c4cc(C(F)(F)F)cc(C(F)(F)F)c4)CC3)C2=O)n1. The highest BCUT2D eigenvalue weighted by Gasteiger charge is 2.55. The van der Waals surface area contributed by atoms with Crippen LogP contribution < -0.4 is 19.3 Å². The molecule has 2 aliphatic rings. The number of alkyl halides is 6. The number of methoxy groups -OCH3 is 2. The number of halogens is 7. The Morgan fingerprint density at radius 1 is 0.886 bits per heavy atom. The fourth-order valence-corrected chi connectivity index (χ4v) is 5.47. The molecule has 2 fully saturated rings. The zero-order chi connectivity index (χ0) is 32.0. The Labute approximate surface area is 251 Å². The number of hydrogen-bond acceptors (Lipinski definition) is 8. The standard InChI is InChI=1S/C27H23ClF6N6O4/c1-43-23-35-22(36-24(37-23)44-2)39-14-40(19-5-3-4-18(28)13-19)25(21(39)42)6-8-38(9-7-25)20(41)15-10-16(26(29,30)31)12-17(11-15)27(32,33)34/h3-5,10-13H,6-9,14H2,1-2H3. The third-order valence-electron chi connectivity index (χ3n) is 7.46. The van der Waals surface area contributed by atoms with E-state index in [2.05, 4.69) is 15.0 Å². The number of carbonyl (C=O) groups excluding carboxylic acids is 2. The zero-order valence-electron chi connectivity index (χ0n) is 23.0. The summed E-state index contributed by atoms with van der Waals surface area (Å²) < 4.78 is 90.7. The van der Waals surface area contributed by atoms with Crippen molar-refractivity contribution in [2.24, 2.45) is 0 Å². The smallest absolute Gasteiger partial charge is 0.416 e. The molecule has 2 amide bonds. The van der Waals surface area contributed by atoms with Gasteiger partial charge >= 0.3 is 24.4 Å². The van der Waals surface area contributed by atoms with Crippen LogP contribution in [-0.2, 0) is 17.1 Å². The average molecular weight is 645 g/mol. The van der Waals surface area contributed by atoms with Crippen LogP contribution >= 0.6 is 11.6 Å². The van der Waals surface area contributed by atoms with E-state index in [1.165, 1.54) is 19.1 Å². The number of nitrogens with zero attached hydrogens (tertiary/aromatic N) is 6. The Hall–Kier alpha value is -4.34. The van der Waals surface area contributed by atoms with Crippen molar-refractivity contribution in [3.63, 3.8) is 0 Å². The summed E-state index contributed by atoms with van der Waals surface area (Å²) in [6.07, 6.45) is -10.3. The van der Waals surface area contributed by atoms with Gasteiger partial charge in [-0.15, -0.1) is 4.98 Å². The van der Waals surface area contributed by atoms with E-state index >= 15 is 0 Å². The number of piperidine rings is 1. The largest absolute Gasteiger partial charge is 0.467 e. The normalized spacial score (nSPS) is 16.9. The molecule has 0 aliphatic carbocycles. The molecule has 1 aromatic heterocycles. The van der Waals surface area contributed by atoms with Crippen molar-refractivity contribution in [2.75, 3.05) is 43.8 Å². The Morgan fingerprint density at radius 2 is 1.45 bits per heavy atom. The predicted octanol–water partition coefficient (Wildman–Crippen LogP) is 5.07. The first-order valence-electron chi connectivity index (χ1n) is 12.9. The number of benzene rings is 2. The van der Waals surface area contributed by atoms with E-state index in [-0.39, 0.29) is 56.6 Å². The van der Waals surface area contributed by atoms with Crippen molar-refractivity contribution in [2.45, 2.75) is 30.7 Å². The summed E-state index contributed by atoms with van der Waals surface area (Å²) in [5, 5.41) is 0.379. The van der Waals surface area contributed by atoms with E-state index in [4.69, 9.17) is 21.1 Å². The lowest BCUT2D eigenvalue weighted by molar-refractivity contribution is -0.143. The van der Waals surface area contributed by atoms with Gasteiger partial charge in [0.15, 0.2) is 0 Å². The summed E-state index contributed by atoms with van der Waals surface area (Å²) in [5.41, 5.74) is -4.70. The average Bonchev–Trinajstić information content (AvgIpc) is 3.26. The highest BCUT2D eigenvalue weighted by molar-refractivity contribution is 6.30. The van der Waals surface area contributed by atoms with Crippen LogP contribution in [0.4, 0.5) is 38.0 Å². The van der Waals surface area contributed by atoms with E-state index in [0.29, 0.717) is 22.8 Å². The van der Waals surface area contributed by atoms with Gasteiger partial charge in [-0.1, -0.05) is 17.7 Å². The third-order valence-corrected chi connectivity index (χ3v) is 7.70. The topological polar surface area (TPSA) is 101 Å². The van der Waals surface area contributed by atoms with Crippen LogP contribution in [0.2, 0.25) is 5.02 Å². The zero-order valence-corrected chi connectivity index (χ0v) is 23.8. The summed E-state index contributed by atoms with van der Waals surface area (Å²) in [5.74, 6) is -1.57. The van der Waals surface area contributed by atoms with Crippen LogP contribution in [0.1, 0.15) is 34.3 Å². The molecule has 0 N–H and O–H groups in total. The van der Waals surface area contributed by atoms with Crippen molar-refractivity contribution in [1.82, 2.24) is 19.9 Å². The first-order valence-corrected chi connectivity index (χ1v) is 13.3. The molecule has 0 atom stereocenters. The Kier molecular flexibility index (Phi) is 7.99. The molecule has 3 heterocycles. The van der Waals surface area contributed by atoms with Crippen molar-refractivity contribution < 1.29 is 45.4 Å². The first-order chi connectivity index (χ1) is 20.7. The highest BCUT2D eigenvalue weighted by atomic mass is 35.5. The van der Waals surface area contributed by atoms with Crippen LogP contribution in [-0.4, -0.2) is 71.2 Å². The van der Waals surface area contributed by atoms with Crippen LogP contribution in [0.25, 0.3) is 0 Å². The fraction of sp³-hybridized carbons (Fsp3) is 0.370. The summed E-state index contributed by atoms with van der Waals surface area (Å²) in [6.45, 7) is -0.375. The summed E-state index contributed by atoms with van der Waals surface area (Å²) in [4.78, 5) is 43.8. The quantitative estimate of drug-likeness (QED) is 0.355. The van der Waals surface area contributed by atoms with E-state index < -0.39 is 46.4 Å². The molecule has 2 aromatic carbocycles. The monoisotopic (exact) mass is 644 g/mol. The van der Waals surface area contributed by atoms with E-state index in [1.807, 2.05) is 0 Å². The van der Waals surface area contributed by atoms with Crippen LogP contribution in [0.15, 0.2) is 42.5 Å². The lowest BCUT2D eigenvalue weighted by Gasteiger charge is -2.43. The van der Waals surface area contributed by atoms with Gasteiger partial charge in [0.1, 0.15) is 12.2 Å². The summed E-state index contributed by atoms with van der Waals surface area (Å²) in [6, 6.07) is 7.18. The van der Waals surface area contributed by atoms with Gasteiger partial charge in [-0.2, -0.15) is 36.3 Å². The minimum absolute atomic E-state index is 0.0228. The second-order valence-electron chi connectivity index (χ2n) is 10.0. The number of amides is 2. The maximum Gasteiger partial charge on any atom is 0.416 e. The molecule has 2 aliphatic heterocycles. The fourth-order valence-electron chi connectivity index (χ4n) is 5.29. The third kappa shape index (κ3) is 5.77. The van der Waals surface area contributed by atoms with Gasteiger partial charge in [0.05, 0.1) is 25.3 Å². The predicted molar refractivity (Wildman–Crippen MR) is 144 cm³/mol. The Bertz CT molecular complexity index is 1540. The summed E-state index contributed by atoms with van der Waals surface area (Å²) in [7, 11) is 2.64. The minimum atomic E-state index is -5.11. The second-order valence-corrected chi connectivity index (χ2v) is 10.4. The lowest BCUT2D eigenvalue weighted by atomic mass is 9.85. The van der Waals surface area contributed by atoms with Crippen molar-refractivity contribution >= 4 is 35.1 Å². The molecule has 1 spiro atoms. The van der Waals surface area contributed by atoms with Gasteiger partial charge in [-0.05, 0) is 49.2 Å². The number of carbonyl (C=O) groups is 2. The number of hydrogen-bond donors (Lipinski definition) is 0. The summed E-state index contributed by atoms with van der Waals surface area (Å²) >= 11 is 6.24. The van der Waals surface area contributed by atoms with Crippen LogP contribution in [0, 0.1) is 0 Å². The second kappa shape index (κ2) is 11.3. The van der Waals surface area contributed by atoms with Gasteiger partial charge in [0.25, 0.3) is 11.8 Å². The van der Waals surface area contributed by atoms with E-state index in [0.717, 1.165) is 4.90 Å².